The van der Waals surface area contributed by atoms with Crippen molar-refractivity contribution in [2.45, 2.75) is 19.3 Å². The van der Waals surface area contributed by atoms with Crippen LogP contribution in [0.3, 0.4) is 0 Å². The van der Waals surface area contributed by atoms with Gasteiger partial charge in [-0.05, 0) is 25.3 Å². The van der Waals surface area contributed by atoms with Crippen molar-refractivity contribution in [1.82, 2.24) is 15.2 Å². The van der Waals surface area contributed by atoms with Gasteiger partial charge in [0.2, 0.25) is 0 Å². The second kappa shape index (κ2) is 8.17. The van der Waals surface area contributed by atoms with Gasteiger partial charge in [-0.25, -0.2) is 4.79 Å². The number of aromatic nitrogens is 1. The van der Waals surface area contributed by atoms with Gasteiger partial charge in [-0.15, -0.1) is 0 Å². The number of hydrogen-bond acceptors (Lipinski definition) is 4. The largest absolute Gasteiger partial charge is 0.466 e. The van der Waals surface area contributed by atoms with Gasteiger partial charge in [0, 0.05) is 31.9 Å². The smallest absolute Gasteiger partial charge is 0.330 e. The quantitative estimate of drug-likeness (QED) is 0.466. The number of carbonyl (C=O) groups is 3. The number of ether oxygens (including phenoxy) is 1. The summed E-state index contributed by atoms with van der Waals surface area (Å²) in [6.45, 7) is 1.94. The van der Waals surface area contributed by atoms with Gasteiger partial charge in [0.1, 0.15) is 5.69 Å². The van der Waals surface area contributed by atoms with Crippen molar-refractivity contribution >= 4 is 17.8 Å². The molecule has 2 N–H and O–H groups in total. The lowest BCUT2D eigenvalue weighted by Gasteiger charge is -2.13. The van der Waals surface area contributed by atoms with E-state index in [2.05, 4.69) is 15.0 Å². The van der Waals surface area contributed by atoms with Crippen molar-refractivity contribution in [2.75, 3.05) is 26.7 Å². The number of nitrogens with one attached hydrogen (secondary N) is 2. The highest BCUT2D eigenvalue weighted by atomic mass is 16.5. The molecule has 0 unspecified atom stereocenters. The lowest BCUT2D eigenvalue weighted by molar-refractivity contribution is -0.134. The molecule has 7 nitrogen and oxygen atoms in total. The van der Waals surface area contributed by atoms with Crippen molar-refractivity contribution in [3.05, 3.63) is 35.7 Å². The number of rotatable bonds is 6. The highest BCUT2D eigenvalue weighted by molar-refractivity contribution is 5.99. The molecular formula is C16H21N3O4. The number of aromatic amines is 1. The van der Waals surface area contributed by atoms with Gasteiger partial charge in [-0.2, -0.15) is 0 Å². The molecule has 124 valence electrons. The average molecular weight is 319 g/mol. The molecule has 7 heteroatoms. The van der Waals surface area contributed by atoms with Gasteiger partial charge < -0.3 is 19.9 Å². The zero-order valence-electron chi connectivity index (χ0n) is 13.1. The summed E-state index contributed by atoms with van der Waals surface area (Å²) < 4.78 is 4.46. The normalized spacial score (nSPS) is 14.2. The fourth-order valence-corrected chi connectivity index (χ4v) is 2.36. The van der Waals surface area contributed by atoms with E-state index >= 15 is 0 Å². The minimum atomic E-state index is -0.424. The van der Waals surface area contributed by atoms with Crippen LogP contribution in [0.15, 0.2) is 24.4 Å². The van der Waals surface area contributed by atoms with Gasteiger partial charge in [-0.1, -0.05) is 6.08 Å². The maximum Gasteiger partial charge on any atom is 0.330 e. The molecule has 1 aromatic heterocycles. The SMILES string of the molecule is COC(=O)/C=C/CCNC(=O)c1c[nH]c(C(=O)N2CCCC2)c1. The van der Waals surface area contributed by atoms with Crippen molar-refractivity contribution in [3.8, 4) is 0 Å². The molecule has 1 fully saturated rings. The highest BCUT2D eigenvalue weighted by Crippen LogP contribution is 2.13. The Morgan fingerprint density at radius 3 is 2.78 bits per heavy atom. The monoisotopic (exact) mass is 319 g/mol. The fourth-order valence-electron chi connectivity index (χ4n) is 2.36. The number of nitrogens with zero attached hydrogens (tertiary/aromatic N) is 1. The van der Waals surface area contributed by atoms with Gasteiger partial charge in [0.05, 0.1) is 12.7 Å². The number of methoxy groups -OCH3 is 1. The van der Waals surface area contributed by atoms with Crippen molar-refractivity contribution in [1.29, 1.82) is 0 Å². The lowest BCUT2D eigenvalue weighted by Crippen LogP contribution is -2.28. The Balaban J connectivity index is 1.80. The summed E-state index contributed by atoms with van der Waals surface area (Å²) in [7, 11) is 1.31. The van der Waals surface area contributed by atoms with Crippen LogP contribution >= 0.6 is 0 Å². The Kier molecular flexibility index (Phi) is 5.96. The van der Waals surface area contributed by atoms with Crippen LogP contribution in [0.1, 0.15) is 40.1 Å². The topological polar surface area (TPSA) is 91.5 Å². The predicted octanol–water partition coefficient (Wildman–Crippen LogP) is 1.10. The Bertz CT molecular complexity index is 600. The van der Waals surface area contributed by atoms with Gasteiger partial charge in [0.15, 0.2) is 0 Å². The molecule has 0 spiro atoms. The van der Waals surface area contributed by atoms with E-state index in [0.717, 1.165) is 25.9 Å². The molecule has 0 radical (unpaired) electrons. The molecule has 0 bridgehead atoms. The van der Waals surface area contributed by atoms with Crippen LogP contribution < -0.4 is 5.32 Å². The second-order valence-corrected chi connectivity index (χ2v) is 5.27. The van der Waals surface area contributed by atoms with Crippen LogP contribution in [-0.2, 0) is 9.53 Å². The number of amides is 2. The van der Waals surface area contributed by atoms with Crippen LogP contribution in [0.2, 0.25) is 0 Å². The van der Waals surface area contributed by atoms with E-state index in [1.807, 2.05) is 0 Å². The van der Waals surface area contributed by atoms with Crippen molar-refractivity contribution < 1.29 is 19.1 Å². The lowest BCUT2D eigenvalue weighted by atomic mass is 10.2. The third-order valence-electron chi connectivity index (χ3n) is 3.62. The summed E-state index contributed by atoms with van der Waals surface area (Å²) in [6.07, 6.45) is 7.05. The van der Waals surface area contributed by atoms with E-state index < -0.39 is 5.97 Å². The predicted molar refractivity (Wildman–Crippen MR) is 84.0 cm³/mol. The summed E-state index contributed by atoms with van der Waals surface area (Å²) in [5.74, 6) is -0.747. The number of likely N-dealkylation sites (tertiary alicyclic amines) is 1. The molecule has 0 atom stereocenters. The standard InChI is InChI=1S/C16H21N3O4/c1-23-14(20)6-2-3-7-17-15(21)12-10-13(18-11-12)16(22)19-8-4-5-9-19/h2,6,10-11,18H,3-5,7-9H2,1H3,(H,17,21)/b6-2+. The first-order valence-corrected chi connectivity index (χ1v) is 7.62. The molecule has 0 aliphatic carbocycles. The van der Waals surface area contributed by atoms with Crippen LogP contribution in [0, 0.1) is 0 Å². The van der Waals surface area contributed by atoms with E-state index in [0.29, 0.717) is 24.2 Å². The molecule has 0 saturated carbocycles. The Labute approximate surface area is 134 Å². The molecule has 2 heterocycles. The zero-order chi connectivity index (χ0) is 16.7. The maximum absolute atomic E-state index is 12.2. The molecule has 0 aromatic carbocycles. The first-order chi connectivity index (χ1) is 11.1. The van der Waals surface area contributed by atoms with E-state index in [-0.39, 0.29) is 11.8 Å². The minimum Gasteiger partial charge on any atom is -0.466 e. The van der Waals surface area contributed by atoms with E-state index in [4.69, 9.17) is 0 Å². The average Bonchev–Trinajstić information content (AvgIpc) is 3.24. The third kappa shape index (κ3) is 4.70. The van der Waals surface area contributed by atoms with Crippen LogP contribution in [-0.4, -0.2) is 54.4 Å². The third-order valence-corrected chi connectivity index (χ3v) is 3.62. The Morgan fingerprint density at radius 2 is 2.09 bits per heavy atom. The van der Waals surface area contributed by atoms with Crippen molar-refractivity contribution in [3.63, 3.8) is 0 Å². The summed E-state index contributed by atoms with van der Waals surface area (Å²) >= 11 is 0. The first-order valence-electron chi connectivity index (χ1n) is 7.62. The molecule has 1 saturated heterocycles. The number of carbonyl (C=O) groups excluding carboxylic acids is 3. The second-order valence-electron chi connectivity index (χ2n) is 5.27. The number of esters is 1. The molecule has 23 heavy (non-hydrogen) atoms. The summed E-state index contributed by atoms with van der Waals surface area (Å²) in [5, 5.41) is 2.73. The molecule has 1 aliphatic heterocycles. The molecular weight excluding hydrogens is 298 g/mol. The minimum absolute atomic E-state index is 0.0671. The zero-order valence-corrected chi connectivity index (χ0v) is 13.1. The molecule has 1 aliphatic rings. The van der Waals surface area contributed by atoms with Gasteiger partial charge in [-0.3, -0.25) is 9.59 Å². The van der Waals surface area contributed by atoms with E-state index in [1.165, 1.54) is 19.4 Å². The van der Waals surface area contributed by atoms with Crippen LogP contribution in [0.5, 0.6) is 0 Å². The Morgan fingerprint density at radius 1 is 1.35 bits per heavy atom. The number of hydrogen-bond donors (Lipinski definition) is 2. The van der Waals surface area contributed by atoms with E-state index in [1.54, 1.807) is 17.0 Å². The van der Waals surface area contributed by atoms with Crippen LogP contribution in [0.4, 0.5) is 0 Å². The summed E-state index contributed by atoms with van der Waals surface area (Å²) in [6, 6.07) is 1.57. The summed E-state index contributed by atoms with van der Waals surface area (Å²) in [5.41, 5.74) is 0.854. The molecule has 2 amide bonds. The Hall–Kier alpha value is -2.57. The fraction of sp³-hybridized carbons (Fsp3) is 0.438. The highest BCUT2D eigenvalue weighted by Gasteiger charge is 2.21. The van der Waals surface area contributed by atoms with Crippen LogP contribution in [0.25, 0.3) is 0 Å². The molecule has 2 rings (SSSR count). The van der Waals surface area contributed by atoms with Gasteiger partial charge in [0.25, 0.3) is 11.8 Å². The van der Waals surface area contributed by atoms with E-state index in [9.17, 15) is 14.4 Å². The molecule has 1 aromatic rings. The maximum atomic E-state index is 12.2. The van der Waals surface area contributed by atoms with Gasteiger partial charge >= 0.3 is 5.97 Å². The van der Waals surface area contributed by atoms with Crippen molar-refractivity contribution in [2.24, 2.45) is 0 Å². The summed E-state index contributed by atoms with van der Waals surface area (Å²) in [4.78, 5) is 39.7. The first kappa shape index (κ1) is 16.8. The number of H-pyrrole nitrogens is 1.